The summed E-state index contributed by atoms with van der Waals surface area (Å²) in [4.78, 5) is 12.4. The van der Waals surface area contributed by atoms with Gasteiger partial charge in [-0.05, 0) is 44.0 Å². The summed E-state index contributed by atoms with van der Waals surface area (Å²) in [5.41, 5.74) is 1.25. The molecule has 1 unspecified atom stereocenters. The Kier molecular flexibility index (Phi) is 6.94. The lowest BCUT2D eigenvalue weighted by Crippen LogP contribution is -2.11. The predicted molar refractivity (Wildman–Crippen MR) is 115 cm³/mol. The van der Waals surface area contributed by atoms with Crippen molar-refractivity contribution in [1.82, 2.24) is 0 Å². The minimum Gasteiger partial charge on any atom is -0.490 e. The lowest BCUT2D eigenvalue weighted by Gasteiger charge is -2.16. The zero-order chi connectivity index (χ0) is 20.8. The SMILES string of the molecule is CCCCOc1ccc(-c2c(CC(C)O)oc(=O)c3ccccc23)cc1OCC. The van der Waals surface area contributed by atoms with Crippen molar-refractivity contribution in [2.45, 2.75) is 46.1 Å². The van der Waals surface area contributed by atoms with Crippen LogP contribution in [0.25, 0.3) is 21.9 Å². The molecular formula is C24H28O5. The number of aliphatic hydroxyl groups excluding tert-OH is 1. The van der Waals surface area contributed by atoms with Crippen LogP contribution in [0.3, 0.4) is 0 Å². The van der Waals surface area contributed by atoms with E-state index in [1.165, 1.54) is 0 Å². The minimum absolute atomic E-state index is 0.244. The van der Waals surface area contributed by atoms with Crippen LogP contribution >= 0.6 is 0 Å². The van der Waals surface area contributed by atoms with Crippen molar-refractivity contribution in [3.05, 3.63) is 58.6 Å². The Hall–Kier alpha value is -2.79. The zero-order valence-electron chi connectivity index (χ0n) is 17.2. The highest BCUT2D eigenvalue weighted by molar-refractivity contribution is 5.97. The van der Waals surface area contributed by atoms with Gasteiger partial charge in [0.25, 0.3) is 0 Å². The highest BCUT2D eigenvalue weighted by Gasteiger charge is 2.18. The molecule has 29 heavy (non-hydrogen) atoms. The summed E-state index contributed by atoms with van der Waals surface area (Å²) in [6.07, 6.45) is 1.63. The van der Waals surface area contributed by atoms with E-state index in [9.17, 15) is 9.90 Å². The molecular weight excluding hydrogens is 368 g/mol. The number of aliphatic hydroxyl groups is 1. The third-order valence-corrected chi connectivity index (χ3v) is 4.68. The van der Waals surface area contributed by atoms with Crippen LogP contribution in [-0.4, -0.2) is 24.4 Å². The van der Waals surface area contributed by atoms with Gasteiger partial charge in [0.05, 0.1) is 24.7 Å². The van der Waals surface area contributed by atoms with E-state index >= 15 is 0 Å². The van der Waals surface area contributed by atoms with Gasteiger partial charge in [-0.2, -0.15) is 0 Å². The van der Waals surface area contributed by atoms with Crippen LogP contribution in [-0.2, 0) is 6.42 Å². The van der Waals surface area contributed by atoms with Crippen molar-refractivity contribution < 1.29 is 19.0 Å². The predicted octanol–water partition coefficient (Wildman–Crippen LogP) is 4.96. The normalized spacial score (nSPS) is 12.1. The summed E-state index contributed by atoms with van der Waals surface area (Å²) in [6.45, 7) is 6.87. The Bertz CT molecular complexity index is 1020. The average molecular weight is 396 g/mol. The highest BCUT2D eigenvalue weighted by atomic mass is 16.5. The van der Waals surface area contributed by atoms with Crippen molar-refractivity contribution in [2.75, 3.05) is 13.2 Å². The van der Waals surface area contributed by atoms with Crippen LogP contribution in [0.1, 0.15) is 39.4 Å². The van der Waals surface area contributed by atoms with Gasteiger partial charge in [-0.1, -0.05) is 37.6 Å². The summed E-state index contributed by atoms with van der Waals surface area (Å²) in [5.74, 6) is 1.81. The fourth-order valence-electron chi connectivity index (χ4n) is 3.35. The average Bonchev–Trinajstić information content (AvgIpc) is 2.69. The van der Waals surface area contributed by atoms with E-state index in [2.05, 4.69) is 6.92 Å². The summed E-state index contributed by atoms with van der Waals surface area (Å²) in [7, 11) is 0. The number of benzene rings is 2. The molecule has 1 heterocycles. The number of ether oxygens (including phenoxy) is 2. The van der Waals surface area contributed by atoms with Gasteiger partial charge in [-0.15, -0.1) is 0 Å². The van der Waals surface area contributed by atoms with Gasteiger partial charge in [0, 0.05) is 17.4 Å². The molecule has 0 saturated heterocycles. The maximum atomic E-state index is 12.4. The number of hydrogen-bond donors (Lipinski definition) is 1. The number of fused-ring (bicyclic) bond motifs is 1. The van der Waals surface area contributed by atoms with E-state index in [1.807, 2.05) is 43.3 Å². The molecule has 0 aliphatic carbocycles. The second kappa shape index (κ2) is 9.61. The molecule has 5 nitrogen and oxygen atoms in total. The second-order valence-corrected chi connectivity index (χ2v) is 7.08. The smallest absolute Gasteiger partial charge is 0.343 e. The standard InChI is InChI=1S/C24H28O5/c1-4-6-13-28-20-12-11-17(15-21(20)27-5-2)23-18-9-7-8-10-19(18)24(26)29-22(23)14-16(3)25/h7-12,15-16,25H,4-6,13-14H2,1-3H3. The Labute approximate surface area is 170 Å². The first kappa shape index (κ1) is 20.9. The van der Waals surface area contributed by atoms with E-state index in [4.69, 9.17) is 13.9 Å². The third-order valence-electron chi connectivity index (χ3n) is 4.68. The summed E-state index contributed by atoms with van der Waals surface area (Å²) >= 11 is 0. The molecule has 0 amide bonds. The van der Waals surface area contributed by atoms with Gasteiger partial charge in [0.15, 0.2) is 11.5 Å². The van der Waals surface area contributed by atoms with Gasteiger partial charge in [0.2, 0.25) is 0 Å². The van der Waals surface area contributed by atoms with Gasteiger partial charge >= 0.3 is 5.63 Å². The lowest BCUT2D eigenvalue weighted by molar-refractivity contribution is 0.186. The molecule has 5 heteroatoms. The third kappa shape index (κ3) is 4.80. The van der Waals surface area contributed by atoms with E-state index in [0.717, 1.165) is 29.4 Å². The van der Waals surface area contributed by atoms with Gasteiger partial charge in [0.1, 0.15) is 5.76 Å². The van der Waals surface area contributed by atoms with Gasteiger partial charge in [-0.3, -0.25) is 0 Å². The molecule has 0 aliphatic rings. The van der Waals surface area contributed by atoms with Crippen LogP contribution in [0, 0.1) is 0 Å². The molecule has 0 spiro atoms. The summed E-state index contributed by atoms with van der Waals surface area (Å²) in [6, 6.07) is 13.1. The topological polar surface area (TPSA) is 68.9 Å². The van der Waals surface area contributed by atoms with Crippen LogP contribution in [0.15, 0.2) is 51.7 Å². The Morgan fingerprint density at radius 3 is 2.48 bits per heavy atom. The number of hydrogen-bond acceptors (Lipinski definition) is 5. The molecule has 1 N–H and O–H groups in total. The molecule has 2 aromatic carbocycles. The highest BCUT2D eigenvalue weighted by Crippen LogP contribution is 2.37. The number of rotatable bonds is 9. The van der Waals surface area contributed by atoms with Crippen LogP contribution in [0.5, 0.6) is 11.5 Å². The first-order chi connectivity index (χ1) is 14.0. The first-order valence-electron chi connectivity index (χ1n) is 10.2. The van der Waals surface area contributed by atoms with E-state index < -0.39 is 11.7 Å². The van der Waals surface area contributed by atoms with Crippen molar-refractivity contribution in [2.24, 2.45) is 0 Å². The quantitative estimate of drug-likeness (QED) is 0.518. The molecule has 3 aromatic rings. The molecule has 154 valence electrons. The lowest BCUT2D eigenvalue weighted by atomic mass is 9.96. The van der Waals surface area contributed by atoms with Crippen molar-refractivity contribution >= 4 is 10.8 Å². The number of unbranched alkanes of at least 4 members (excludes halogenated alkanes) is 1. The van der Waals surface area contributed by atoms with E-state index in [0.29, 0.717) is 35.9 Å². The minimum atomic E-state index is -0.638. The van der Waals surface area contributed by atoms with Crippen molar-refractivity contribution in [1.29, 1.82) is 0 Å². The molecule has 1 aromatic heterocycles. The summed E-state index contributed by atoms with van der Waals surface area (Å²) in [5, 5.41) is 11.2. The molecule has 0 aliphatic heterocycles. The molecule has 0 bridgehead atoms. The Balaban J connectivity index is 2.17. The van der Waals surface area contributed by atoms with Crippen molar-refractivity contribution in [3.8, 4) is 22.6 Å². The van der Waals surface area contributed by atoms with Crippen molar-refractivity contribution in [3.63, 3.8) is 0 Å². The van der Waals surface area contributed by atoms with Gasteiger partial charge < -0.3 is 19.0 Å². The monoisotopic (exact) mass is 396 g/mol. The van der Waals surface area contributed by atoms with Crippen LogP contribution in [0.4, 0.5) is 0 Å². The summed E-state index contributed by atoms with van der Waals surface area (Å²) < 4.78 is 17.3. The molecule has 0 radical (unpaired) electrons. The largest absolute Gasteiger partial charge is 0.490 e. The Morgan fingerprint density at radius 1 is 1.03 bits per heavy atom. The fourth-order valence-corrected chi connectivity index (χ4v) is 3.35. The van der Waals surface area contributed by atoms with Gasteiger partial charge in [-0.25, -0.2) is 4.79 Å². The maximum Gasteiger partial charge on any atom is 0.343 e. The van der Waals surface area contributed by atoms with E-state index in [1.54, 1.807) is 13.0 Å². The molecule has 0 saturated carbocycles. The zero-order valence-corrected chi connectivity index (χ0v) is 17.2. The van der Waals surface area contributed by atoms with E-state index in [-0.39, 0.29) is 6.42 Å². The fraction of sp³-hybridized carbons (Fsp3) is 0.375. The molecule has 1 atom stereocenters. The Morgan fingerprint density at radius 2 is 1.79 bits per heavy atom. The second-order valence-electron chi connectivity index (χ2n) is 7.08. The van der Waals surface area contributed by atoms with Crippen LogP contribution in [0.2, 0.25) is 0 Å². The van der Waals surface area contributed by atoms with Crippen LogP contribution < -0.4 is 15.1 Å². The molecule has 3 rings (SSSR count). The maximum absolute atomic E-state index is 12.4. The molecule has 0 fully saturated rings. The first-order valence-corrected chi connectivity index (χ1v) is 10.2.